The van der Waals surface area contributed by atoms with Crippen LogP contribution in [-0.4, -0.2) is 28.4 Å². The number of amides is 1. The van der Waals surface area contributed by atoms with Crippen molar-refractivity contribution >= 4 is 17.7 Å². The van der Waals surface area contributed by atoms with E-state index in [1.54, 1.807) is 6.92 Å². The molecule has 1 atom stereocenters. The maximum Gasteiger partial charge on any atom is 0.331 e. The van der Waals surface area contributed by atoms with Gasteiger partial charge in [0, 0.05) is 11.1 Å². The van der Waals surface area contributed by atoms with Gasteiger partial charge in [0.05, 0.1) is 0 Å². The molecule has 0 aromatic carbocycles. The Morgan fingerprint density at radius 2 is 1.91 bits per heavy atom. The molecule has 0 aromatic heterocycles. The first-order chi connectivity index (χ1) is 10.1. The van der Waals surface area contributed by atoms with E-state index in [0.717, 1.165) is 12.8 Å². The number of aliphatic imine (C=N–C) groups is 1. The maximum atomic E-state index is 12.3. The number of hydrogen-bond donors (Lipinski definition) is 2. The van der Waals surface area contributed by atoms with Crippen molar-refractivity contribution in [1.82, 2.24) is 5.32 Å². The van der Waals surface area contributed by atoms with Gasteiger partial charge in [-0.2, -0.15) is 0 Å². The molecule has 124 valence electrons. The third kappa shape index (κ3) is 3.57. The van der Waals surface area contributed by atoms with Crippen molar-refractivity contribution in [1.29, 1.82) is 0 Å². The predicted molar refractivity (Wildman–Crippen MR) is 87.8 cm³/mol. The molecule has 1 rings (SSSR count). The second-order valence-corrected chi connectivity index (χ2v) is 6.67. The van der Waals surface area contributed by atoms with Crippen molar-refractivity contribution < 1.29 is 14.7 Å². The highest BCUT2D eigenvalue weighted by molar-refractivity contribution is 6.17. The first-order valence-corrected chi connectivity index (χ1v) is 8.03. The predicted octanol–water partition coefficient (Wildman–Crippen LogP) is 3.16. The molecule has 0 spiro atoms. The summed E-state index contributed by atoms with van der Waals surface area (Å²) < 4.78 is 0. The van der Waals surface area contributed by atoms with Gasteiger partial charge in [-0.3, -0.25) is 9.79 Å². The van der Waals surface area contributed by atoms with E-state index in [2.05, 4.69) is 10.3 Å². The molecular weight excluding hydrogens is 280 g/mol. The summed E-state index contributed by atoms with van der Waals surface area (Å²) in [4.78, 5) is 28.5. The largest absolute Gasteiger partial charge is 0.478 e. The zero-order chi connectivity index (χ0) is 17.1. The van der Waals surface area contributed by atoms with Gasteiger partial charge in [0.1, 0.15) is 11.4 Å². The maximum absolute atomic E-state index is 12.3. The van der Waals surface area contributed by atoms with Crippen LogP contribution in [0.5, 0.6) is 0 Å². The molecule has 0 saturated heterocycles. The standard InChI is InChI=1S/C17H28N2O3/c1-7-8-9-12(15(20)21)13(10(2)3)14-18-16(22)17(6,19-14)11(4)5/h10-11H,7-9H2,1-6H3,(H,20,21)(H,18,19,22)/b13-12+. The van der Waals surface area contributed by atoms with E-state index in [4.69, 9.17) is 0 Å². The highest BCUT2D eigenvalue weighted by Crippen LogP contribution is 2.30. The van der Waals surface area contributed by atoms with Crippen molar-refractivity contribution in [3.8, 4) is 0 Å². The first-order valence-electron chi connectivity index (χ1n) is 8.03. The van der Waals surface area contributed by atoms with Gasteiger partial charge >= 0.3 is 5.97 Å². The molecule has 1 amide bonds. The Morgan fingerprint density at radius 1 is 1.32 bits per heavy atom. The van der Waals surface area contributed by atoms with Gasteiger partial charge in [-0.05, 0) is 31.6 Å². The van der Waals surface area contributed by atoms with Gasteiger partial charge in [0.2, 0.25) is 0 Å². The van der Waals surface area contributed by atoms with Gasteiger partial charge < -0.3 is 10.4 Å². The lowest BCUT2D eigenvalue weighted by Gasteiger charge is -2.21. The third-order valence-electron chi connectivity index (χ3n) is 4.36. The minimum atomic E-state index is -0.924. The lowest BCUT2D eigenvalue weighted by atomic mass is 9.89. The molecule has 0 bridgehead atoms. The summed E-state index contributed by atoms with van der Waals surface area (Å²) in [6, 6.07) is 0. The Balaban J connectivity index is 3.37. The van der Waals surface area contributed by atoms with Gasteiger partial charge in [0.25, 0.3) is 5.91 Å². The van der Waals surface area contributed by atoms with Crippen LogP contribution in [0.2, 0.25) is 0 Å². The molecule has 0 aromatic rings. The molecule has 2 N–H and O–H groups in total. The minimum Gasteiger partial charge on any atom is -0.478 e. The molecule has 5 heteroatoms. The van der Waals surface area contributed by atoms with Crippen molar-refractivity contribution in [2.75, 3.05) is 0 Å². The first kappa shape index (κ1) is 18.4. The number of amidine groups is 1. The van der Waals surface area contributed by atoms with Crippen LogP contribution in [0.15, 0.2) is 16.1 Å². The van der Waals surface area contributed by atoms with Crippen LogP contribution in [0.25, 0.3) is 0 Å². The number of carboxylic acids is 1. The summed E-state index contributed by atoms with van der Waals surface area (Å²) in [6.45, 7) is 11.6. The van der Waals surface area contributed by atoms with Gasteiger partial charge in [0.15, 0.2) is 0 Å². The van der Waals surface area contributed by atoms with E-state index < -0.39 is 11.5 Å². The molecule has 1 aliphatic heterocycles. The fourth-order valence-corrected chi connectivity index (χ4v) is 2.54. The molecule has 1 aliphatic rings. The van der Waals surface area contributed by atoms with Crippen LogP contribution in [-0.2, 0) is 9.59 Å². The van der Waals surface area contributed by atoms with Crippen LogP contribution < -0.4 is 5.32 Å². The fraction of sp³-hybridized carbons (Fsp3) is 0.706. The van der Waals surface area contributed by atoms with Crippen molar-refractivity contribution in [2.24, 2.45) is 16.8 Å². The van der Waals surface area contributed by atoms with E-state index in [-0.39, 0.29) is 17.7 Å². The number of carbonyl (C=O) groups is 2. The normalized spacial score (nSPS) is 22.7. The number of nitrogens with one attached hydrogen (secondary N) is 1. The van der Waals surface area contributed by atoms with Crippen LogP contribution in [0, 0.1) is 11.8 Å². The zero-order valence-electron chi connectivity index (χ0n) is 14.5. The van der Waals surface area contributed by atoms with Crippen LogP contribution in [0.1, 0.15) is 60.8 Å². The van der Waals surface area contributed by atoms with Crippen LogP contribution in [0.4, 0.5) is 0 Å². The molecule has 0 radical (unpaired) electrons. The number of nitrogens with zero attached hydrogens (tertiary/aromatic N) is 1. The van der Waals surface area contributed by atoms with Crippen LogP contribution in [0.3, 0.4) is 0 Å². The fourth-order valence-electron chi connectivity index (χ4n) is 2.54. The van der Waals surface area contributed by atoms with Gasteiger partial charge in [-0.25, -0.2) is 4.79 Å². The Hall–Kier alpha value is -1.65. The number of unbranched alkanes of at least 4 members (excludes halogenated alkanes) is 1. The lowest BCUT2D eigenvalue weighted by Crippen LogP contribution is -2.41. The Bertz CT molecular complexity index is 518. The SMILES string of the molecule is CCCC/C(C(=O)O)=C(\C1=NC(C)(C(C)C)C(=O)N1)C(C)C. The topological polar surface area (TPSA) is 78.8 Å². The van der Waals surface area contributed by atoms with Crippen LogP contribution >= 0.6 is 0 Å². The molecule has 5 nitrogen and oxygen atoms in total. The monoisotopic (exact) mass is 308 g/mol. The summed E-state index contributed by atoms with van der Waals surface area (Å²) in [7, 11) is 0. The minimum absolute atomic E-state index is 0.0171. The zero-order valence-corrected chi connectivity index (χ0v) is 14.5. The Kier molecular flexibility index (Phi) is 5.92. The van der Waals surface area contributed by atoms with E-state index in [1.807, 2.05) is 34.6 Å². The molecule has 0 fully saturated rings. The van der Waals surface area contributed by atoms with E-state index in [0.29, 0.717) is 23.4 Å². The second kappa shape index (κ2) is 7.07. The second-order valence-electron chi connectivity index (χ2n) is 6.67. The summed E-state index contributed by atoms with van der Waals surface area (Å²) >= 11 is 0. The van der Waals surface area contributed by atoms with Gasteiger partial charge in [-0.1, -0.05) is 41.0 Å². The number of rotatable bonds is 7. The molecule has 1 unspecified atom stereocenters. The van der Waals surface area contributed by atoms with E-state index in [9.17, 15) is 14.7 Å². The Morgan fingerprint density at radius 3 is 2.27 bits per heavy atom. The number of carboxylic acid groups (broad SMARTS) is 1. The molecule has 0 saturated carbocycles. The quantitative estimate of drug-likeness (QED) is 0.709. The summed E-state index contributed by atoms with van der Waals surface area (Å²) in [6.07, 6.45) is 2.22. The highest BCUT2D eigenvalue weighted by atomic mass is 16.4. The number of carbonyl (C=O) groups excluding carboxylic acids is 1. The van der Waals surface area contributed by atoms with Crippen molar-refractivity contribution in [2.45, 2.75) is 66.3 Å². The molecular formula is C17H28N2O3. The van der Waals surface area contributed by atoms with Gasteiger partial charge in [-0.15, -0.1) is 0 Å². The lowest BCUT2D eigenvalue weighted by molar-refractivity contribution is -0.133. The Labute approximate surface area is 132 Å². The third-order valence-corrected chi connectivity index (χ3v) is 4.36. The summed E-state index contributed by atoms with van der Waals surface area (Å²) in [5, 5.41) is 12.4. The average Bonchev–Trinajstić information content (AvgIpc) is 2.70. The highest BCUT2D eigenvalue weighted by Gasteiger charge is 2.43. The number of hydrogen-bond acceptors (Lipinski definition) is 3. The summed E-state index contributed by atoms with van der Waals surface area (Å²) in [5.41, 5.74) is 0.187. The smallest absolute Gasteiger partial charge is 0.331 e. The molecule has 22 heavy (non-hydrogen) atoms. The van der Waals surface area contributed by atoms with E-state index >= 15 is 0 Å². The summed E-state index contributed by atoms with van der Waals surface area (Å²) in [5.74, 6) is -0.619. The van der Waals surface area contributed by atoms with Crippen molar-refractivity contribution in [3.05, 3.63) is 11.1 Å². The number of aliphatic carboxylic acids is 1. The molecule has 1 heterocycles. The van der Waals surface area contributed by atoms with Crippen molar-refractivity contribution in [3.63, 3.8) is 0 Å². The molecule has 0 aliphatic carbocycles. The van der Waals surface area contributed by atoms with E-state index in [1.165, 1.54) is 0 Å². The average molecular weight is 308 g/mol.